The topological polar surface area (TPSA) is 84.2 Å². The Kier molecular flexibility index (Phi) is 5.06. The van der Waals surface area contributed by atoms with Crippen molar-refractivity contribution in [2.75, 3.05) is 23.3 Å². The first-order chi connectivity index (χ1) is 13.6. The van der Waals surface area contributed by atoms with Crippen LogP contribution in [0.25, 0.3) is 11.4 Å². The third-order valence-electron chi connectivity index (χ3n) is 5.08. The van der Waals surface area contributed by atoms with Crippen LogP contribution in [0.4, 0.5) is 11.8 Å². The highest BCUT2D eigenvalue weighted by Crippen LogP contribution is 2.26. The molecular weight excluding hydrogens is 354 g/mol. The van der Waals surface area contributed by atoms with Crippen molar-refractivity contribution in [3.63, 3.8) is 0 Å². The Hall–Kier alpha value is -3.22. The van der Waals surface area contributed by atoms with Crippen LogP contribution in [0.1, 0.15) is 24.1 Å². The van der Waals surface area contributed by atoms with E-state index in [2.05, 4.69) is 20.4 Å². The summed E-state index contributed by atoms with van der Waals surface area (Å²) in [5.74, 6) is 1.17. The molecule has 28 heavy (non-hydrogen) atoms. The zero-order valence-electron chi connectivity index (χ0n) is 16.1. The standard InChI is InChI=1S/C21H23N5O2/c1-14-6-3-4-8-17(14)19-24-21(28-25-19)26-12-10-16(11-13-26)20(27)23-18-9-5-7-15(2)22-18/h3-9,16H,10-13H2,1-2H3,(H,22,23,27). The Morgan fingerprint density at radius 2 is 1.86 bits per heavy atom. The van der Waals surface area contributed by atoms with E-state index in [-0.39, 0.29) is 11.8 Å². The summed E-state index contributed by atoms with van der Waals surface area (Å²) in [7, 11) is 0. The van der Waals surface area contributed by atoms with E-state index < -0.39 is 0 Å². The van der Waals surface area contributed by atoms with Gasteiger partial charge in [0.05, 0.1) is 0 Å². The number of anilines is 2. The van der Waals surface area contributed by atoms with Crippen molar-refractivity contribution >= 4 is 17.7 Å². The van der Waals surface area contributed by atoms with Gasteiger partial charge in [-0.2, -0.15) is 4.98 Å². The van der Waals surface area contributed by atoms with Gasteiger partial charge in [-0.1, -0.05) is 35.5 Å². The molecule has 1 aromatic carbocycles. The number of piperidine rings is 1. The molecule has 1 saturated heterocycles. The summed E-state index contributed by atoms with van der Waals surface area (Å²) in [6, 6.07) is 14.1. The lowest BCUT2D eigenvalue weighted by molar-refractivity contribution is -0.120. The molecule has 1 N–H and O–H groups in total. The van der Waals surface area contributed by atoms with Gasteiger partial charge in [0.25, 0.3) is 0 Å². The van der Waals surface area contributed by atoms with Crippen molar-refractivity contribution in [1.29, 1.82) is 0 Å². The van der Waals surface area contributed by atoms with Gasteiger partial charge in [0, 0.05) is 30.3 Å². The summed E-state index contributed by atoms with van der Waals surface area (Å²) in [6.45, 7) is 5.34. The summed E-state index contributed by atoms with van der Waals surface area (Å²) < 4.78 is 5.47. The van der Waals surface area contributed by atoms with Crippen LogP contribution in [0.15, 0.2) is 47.0 Å². The number of amides is 1. The van der Waals surface area contributed by atoms with Crippen molar-refractivity contribution in [1.82, 2.24) is 15.1 Å². The van der Waals surface area contributed by atoms with Gasteiger partial charge in [-0.25, -0.2) is 4.98 Å². The molecule has 1 fully saturated rings. The molecule has 0 unspecified atom stereocenters. The summed E-state index contributed by atoms with van der Waals surface area (Å²) >= 11 is 0. The number of aryl methyl sites for hydroxylation is 2. The molecule has 1 amide bonds. The summed E-state index contributed by atoms with van der Waals surface area (Å²) in [5.41, 5.74) is 2.96. The lowest BCUT2D eigenvalue weighted by Gasteiger charge is -2.29. The lowest BCUT2D eigenvalue weighted by atomic mass is 9.96. The summed E-state index contributed by atoms with van der Waals surface area (Å²) in [6.07, 6.45) is 1.47. The van der Waals surface area contributed by atoms with Gasteiger partial charge < -0.3 is 14.7 Å². The van der Waals surface area contributed by atoms with E-state index in [1.165, 1.54) is 0 Å². The minimum Gasteiger partial charge on any atom is -0.324 e. The van der Waals surface area contributed by atoms with E-state index in [9.17, 15) is 4.79 Å². The predicted octanol–water partition coefficient (Wildman–Crippen LogP) is 3.60. The van der Waals surface area contributed by atoms with Crippen molar-refractivity contribution in [2.24, 2.45) is 5.92 Å². The molecule has 0 bridgehead atoms. The number of nitrogens with zero attached hydrogens (tertiary/aromatic N) is 4. The molecule has 3 heterocycles. The van der Waals surface area contributed by atoms with Crippen LogP contribution in [0.2, 0.25) is 0 Å². The lowest BCUT2D eigenvalue weighted by Crippen LogP contribution is -2.38. The van der Waals surface area contributed by atoms with Crippen LogP contribution in [0, 0.1) is 19.8 Å². The number of carbonyl (C=O) groups is 1. The van der Waals surface area contributed by atoms with Gasteiger partial charge in [0.15, 0.2) is 0 Å². The zero-order valence-corrected chi connectivity index (χ0v) is 16.1. The van der Waals surface area contributed by atoms with Crippen molar-refractivity contribution in [2.45, 2.75) is 26.7 Å². The average Bonchev–Trinajstić information content (AvgIpc) is 3.18. The van der Waals surface area contributed by atoms with E-state index in [0.29, 0.717) is 30.7 Å². The number of hydrogen-bond acceptors (Lipinski definition) is 6. The number of benzene rings is 1. The second kappa shape index (κ2) is 7.80. The Morgan fingerprint density at radius 3 is 2.61 bits per heavy atom. The number of hydrogen-bond donors (Lipinski definition) is 1. The van der Waals surface area contributed by atoms with E-state index >= 15 is 0 Å². The van der Waals surface area contributed by atoms with Gasteiger partial charge in [0.2, 0.25) is 11.7 Å². The summed E-state index contributed by atoms with van der Waals surface area (Å²) in [5, 5.41) is 7.04. The molecule has 2 aromatic heterocycles. The first kappa shape index (κ1) is 18.2. The number of pyridine rings is 1. The van der Waals surface area contributed by atoms with Crippen LogP contribution in [0.5, 0.6) is 0 Å². The van der Waals surface area contributed by atoms with Crippen LogP contribution < -0.4 is 10.2 Å². The Labute approximate surface area is 163 Å². The van der Waals surface area contributed by atoms with Gasteiger partial charge in [0.1, 0.15) is 5.82 Å². The monoisotopic (exact) mass is 377 g/mol. The SMILES string of the molecule is Cc1cccc(NC(=O)C2CCN(c3nc(-c4ccccc4C)no3)CC2)n1. The van der Waals surface area contributed by atoms with Crippen molar-refractivity contribution in [3.05, 3.63) is 53.7 Å². The molecule has 4 rings (SSSR count). The second-order valence-electron chi connectivity index (χ2n) is 7.13. The molecule has 0 aliphatic carbocycles. The van der Waals surface area contributed by atoms with Crippen LogP contribution in [0.3, 0.4) is 0 Å². The van der Waals surface area contributed by atoms with Crippen LogP contribution >= 0.6 is 0 Å². The van der Waals surface area contributed by atoms with Crippen LogP contribution in [-0.2, 0) is 4.79 Å². The molecule has 0 atom stereocenters. The predicted molar refractivity (Wildman–Crippen MR) is 107 cm³/mol. The molecule has 7 nitrogen and oxygen atoms in total. The molecule has 1 aliphatic rings. The molecule has 144 valence electrons. The maximum absolute atomic E-state index is 12.5. The van der Waals surface area contributed by atoms with Crippen LogP contribution in [-0.4, -0.2) is 34.1 Å². The molecular formula is C21H23N5O2. The average molecular weight is 377 g/mol. The van der Waals surface area contributed by atoms with Gasteiger partial charge in [-0.3, -0.25) is 4.79 Å². The van der Waals surface area contributed by atoms with Crippen molar-refractivity contribution in [3.8, 4) is 11.4 Å². The highest BCUT2D eigenvalue weighted by atomic mass is 16.5. The highest BCUT2D eigenvalue weighted by molar-refractivity contribution is 5.91. The van der Waals surface area contributed by atoms with Gasteiger partial charge in [-0.15, -0.1) is 0 Å². The maximum Gasteiger partial charge on any atom is 0.324 e. The molecule has 1 aliphatic heterocycles. The molecule has 7 heteroatoms. The Bertz CT molecular complexity index is 976. The summed E-state index contributed by atoms with van der Waals surface area (Å²) in [4.78, 5) is 23.5. The fraction of sp³-hybridized carbons (Fsp3) is 0.333. The normalized spacial score (nSPS) is 14.9. The molecule has 0 spiro atoms. The first-order valence-electron chi connectivity index (χ1n) is 9.49. The van der Waals surface area contributed by atoms with Gasteiger partial charge in [-0.05, 0) is 44.4 Å². The quantitative estimate of drug-likeness (QED) is 0.748. The van der Waals surface area contributed by atoms with E-state index in [1.807, 2.05) is 61.2 Å². The largest absolute Gasteiger partial charge is 0.324 e. The fourth-order valence-electron chi connectivity index (χ4n) is 3.45. The third kappa shape index (κ3) is 3.88. The molecule has 0 radical (unpaired) electrons. The van der Waals surface area contributed by atoms with E-state index in [4.69, 9.17) is 4.52 Å². The Balaban J connectivity index is 1.37. The smallest absolute Gasteiger partial charge is 0.324 e. The highest BCUT2D eigenvalue weighted by Gasteiger charge is 2.28. The molecule has 3 aromatic rings. The maximum atomic E-state index is 12.5. The third-order valence-corrected chi connectivity index (χ3v) is 5.08. The number of rotatable bonds is 4. The first-order valence-corrected chi connectivity index (χ1v) is 9.49. The Morgan fingerprint density at radius 1 is 1.07 bits per heavy atom. The zero-order chi connectivity index (χ0) is 19.5. The number of aromatic nitrogens is 3. The van der Waals surface area contributed by atoms with Gasteiger partial charge >= 0.3 is 6.01 Å². The van der Waals surface area contributed by atoms with E-state index in [0.717, 1.165) is 29.7 Å². The van der Waals surface area contributed by atoms with E-state index in [1.54, 1.807) is 0 Å². The molecule has 0 saturated carbocycles. The minimum absolute atomic E-state index is 0.0175. The number of carbonyl (C=O) groups excluding carboxylic acids is 1. The van der Waals surface area contributed by atoms with Crippen molar-refractivity contribution < 1.29 is 9.32 Å². The second-order valence-corrected chi connectivity index (χ2v) is 7.13. The minimum atomic E-state index is -0.0441. The fourth-order valence-corrected chi connectivity index (χ4v) is 3.45. The number of nitrogens with one attached hydrogen (secondary N) is 1.